The van der Waals surface area contributed by atoms with Crippen molar-refractivity contribution in [1.29, 1.82) is 0 Å². The van der Waals surface area contributed by atoms with E-state index in [1.165, 1.54) is 34.4 Å². The first-order valence-electron chi connectivity index (χ1n) is 10.6. The average Bonchev–Trinajstić information content (AvgIpc) is 3.47. The van der Waals surface area contributed by atoms with Crippen molar-refractivity contribution in [3.8, 4) is 11.8 Å². The molecule has 0 unspecified atom stereocenters. The molecule has 1 aliphatic rings. The number of rotatable bonds is 4. The lowest BCUT2D eigenvalue weighted by atomic mass is 10.0. The molecular formula is C26H18FN5O2S. The Bertz CT molecular complexity index is 1480. The van der Waals surface area contributed by atoms with E-state index in [1.807, 2.05) is 12.1 Å². The van der Waals surface area contributed by atoms with Gasteiger partial charge in [0.1, 0.15) is 17.7 Å². The molecule has 0 aliphatic carbocycles. The van der Waals surface area contributed by atoms with Crippen molar-refractivity contribution in [1.82, 2.24) is 14.9 Å². The van der Waals surface area contributed by atoms with Crippen molar-refractivity contribution >= 4 is 34.1 Å². The molecule has 0 radical (unpaired) electrons. The first-order valence-corrected chi connectivity index (χ1v) is 11.5. The smallest absolute Gasteiger partial charge is 0.255 e. The summed E-state index contributed by atoms with van der Waals surface area (Å²) in [5.74, 6) is 5.14. The number of pyridine rings is 1. The van der Waals surface area contributed by atoms with Crippen LogP contribution in [0.15, 0.2) is 72.4 Å². The Kier molecular flexibility index (Phi) is 5.95. The molecular weight excluding hydrogens is 465 g/mol. The number of benzene rings is 2. The highest BCUT2D eigenvalue weighted by Gasteiger charge is 2.38. The molecule has 3 heterocycles. The zero-order chi connectivity index (χ0) is 24.4. The zero-order valence-corrected chi connectivity index (χ0v) is 19.1. The molecule has 2 aromatic heterocycles. The summed E-state index contributed by atoms with van der Waals surface area (Å²) in [5, 5.41) is 4.86. The van der Waals surface area contributed by atoms with Gasteiger partial charge in [-0.2, -0.15) is 0 Å². The van der Waals surface area contributed by atoms with Crippen LogP contribution < -0.4 is 11.1 Å². The Hall–Kier alpha value is -4.55. The van der Waals surface area contributed by atoms with Crippen LogP contribution >= 0.6 is 11.3 Å². The fourth-order valence-electron chi connectivity index (χ4n) is 3.84. The second-order valence-corrected chi connectivity index (χ2v) is 8.71. The van der Waals surface area contributed by atoms with E-state index in [2.05, 4.69) is 27.1 Å². The van der Waals surface area contributed by atoms with Gasteiger partial charge in [-0.1, -0.05) is 30.0 Å². The van der Waals surface area contributed by atoms with Gasteiger partial charge in [0.15, 0.2) is 5.13 Å². The van der Waals surface area contributed by atoms with Crippen molar-refractivity contribution in [2.45, 2.75) is 12.6 Å². The molecule has 0 spiro atoms. The number of nitrogens with one attached hydrogen (secondary N) is 1. The molecule has 1 aliphatic heterocycles. The van der Waals surface area contributed by atoms with Crippen LogP contribution in [0.4, 0.5) is 15.3 Å². The van der Waals surface area contributed by atoms with Crippen LogP contribution in [-0.4, -0.2) is 26.7 Å². The topological polar surface area (TPSA) is 101 Å². The van der Waals surface area contributed by atoms with Crippen LogP contribution in [0.2, 0.25) is 0 Å². The molecule has 3 N–H and O–H groups in total. The SMILES string of the molecule is Nc1ccc(C#Cc2ccc3c(c2)C(=O)N([C@@H](C(=O)Nc2nccs2)c2cccc(F)c2)C3)cn1. The third-order valence-electron chi connectivity index (χ3n) is 5.47. The summed E-state index contributed by atoms with van der Waals surface area (Å²) >= 11 is 1.26. The van der Waals surface area contributed by atoms with Gasteiger partial charge in [-0.15, -0.1) is 11.3 Å². The molecule has 5 rings (SSSR count). The van der Waals surface area contributed by atoms with Crippen LogP contribution in [0.3, 0.4) is 0 Å². The van der Waals surface area contributed by atoms with Crippen LogP contribution in [0.1, 0.15) is 38.7 Å². The Labute approximate surface area is 204 Å². The number of anilines is 2. The number of nitrogens with two attached hydrogens (primary N) is 1. The molecule has 0 saturated heterocycles. The minimum Gasteiger partial charge on any atom is -0.384 e. The van der Waals surface area contributed by atoms with Crippen molar-refractivity contribution < 1.29 is 14.0 Å². The van der Waals surface area contributed by atoms with Gasteiger partial charge in [-0.3, -0.25) is 14.9 Å². The summed E-state index contributed by atoms with van der Waals surface area (Å²) in [6.45, 7) is 0.205. The number of carbonyl (C=O) groups is 2. The molecule has 7 nitrogen and oxygen atoms in total. The summed E-state index contributed by atoms with van der Waals surface area (Å²) in [6.07, 6.45) is 3.14. The van der Waals surface area contributed by atoms with E-state index in [9.17, 15) is 14.0 Å². The van der Waals surface area contributed by atoms with E-state index >= 15 is 0 Å². The van der Waals surface area contributed by atoms with Crippen LogP contribution in [0.25, 0.3) is 0 Å². The van der Waals surface area contributed by atoms with E-state index in [-0.39, 0.29) is 12.5 Å². The molecule has 2 aromatic carbocycles. The largest absolute Gasteiger partial charge is 0.384 e. The number of aromatic nitrogens is 2. The molecule has 0 fully saturated rings. The number of halogens is 1. The second-order valence-electron chi connectivity index (χ2n) is 7.81. The first-order chi connectivity index (χ1) is 17.0. The number of thiazole rings is 1. The number of carbonyl (C=O) groups excluding carboxylic acids is 2. The number of amides is 2. The predicted octanol–water partition coefficient (Wildman–Crippen LogP) is 4.00. The van der Waals surface area contributed by atoms with Gasteiger partial charge in [0.05, 0.1) is 0 Å². The van der Waals surface area contributed by atoms with Crippen molar-refractivity contribution in [2.24, 2.45) is 0 Å². The lowest BCUT2D eigenvalue weighted by Crippen LogP contribution is -2.37. The molecule has 0 bridgehead atoms. The van der Waals surface area contributed by atoms with Gasteiger partial charge in [0, 0.05) is 41.0 Å². The number of hydrogen-bond acceptors (Lipinski definition) is 6. The van der Waals surface area contributed by atoms with E-state index in [4.69, 9.17) is 5.73 Å². The number of fused-ring (bicyclic) bond motifs is 1. The Morgan fingerprint density at radius 1 is 1.11 bits per heavy atom. The van der Waals surface area contributed by atoms with Crippen molar-refractivity contribution in [3.63, 3.8) is 0 Å². The molecule has 0 saturated carbocycles. The standard InChI is InChI=1S/C26H18FN5O2S/c27-20-3-1-2-18(13-20)23(24(33)31-26-29-10-11-35-26)32-15-19-8-6-16(12-21(19)25(32)34)4-5-17-7-9-22(28)30-14-17/h1-3,6-14,23H,15H2,(H2,28,30)(H,29,31,33)/t23-/m1/s1. The molecule has 1 atom stereocenters. The Morgan fingerprint density at radius 3 is 2.69 bits per heavy atom. The highest BCUT2D eigenvalue weighted by atomic mass is 32.1. The van der Waals surface area contributed by atoms with E-state index in [1.54, 1.807) is 42.0 Å². The highest BCUT2D eigenvalue weighted by molar-refractivity contribution is 7.13. The molecule has 35 heavy (non-hydrogen) atoms. The number of nitrogen functional groups attached to an aromatic ring is 1. The minimum atomic E-state index is -1.04. The van der Waals surface area contributed by atoms with Gasteiger partial charge in [-0.05, 0) is 47.5 Å². The van der Waals surface area contributed by atoms with Gasteiger partial charge >= 0.3 is 0 Å². The van der Waals surface area contributed by atoms with Crippen LogP contribution in [0, 0.1) is 17.7 Å². The van der Waals surface area contributed by atoms with Gasteiger partial charge in [0.25, 0.3) is 11.8 Å². The highest BCUT2D eigenvalue weighted by Crippen LogP contribution is 2.33. The van der Waals surface area contributed by atoms with Crippen molar-refractivity contribution in [2.75, 3.05) is 11.1 Å². The lowest BCUT2D eigenvalue weighted by molar-refractivity contribution is -0.120. The Morgan fingerprint density at radius 2 is 1.94 bits per heavy atom. The summed E-state index contributed by atoms with van der Waals surface area (Å²) in [7, 11) is 0. The first kappa shape index (κ1) is 22.3. The van der Waals surface area contributed by atoms with Crippen LogP contribution in [0.5, 0.6) is 0 Å². The maximum Gasteiger partial charge on any atom is 0.255 e. The minimum absolute atomic E-state index is 0.205. The molecule has 172 valence electrons. The molecule has 9 heteroatoms. The summed E-state index contributed by atoms with van der Waals surface area (Å²) in [5.41, 5.74) is 8.53. The average molecular weight is 484 g/mol. The van der Waals surface area contributed by atoms with Crippen LogP contribution in [-0.2, 0) is 11.3 Å². The van der Waals surface area contributed by atoms with Crippen molar-refractivity contribution in [3.05, 3.63) is 106 Å². The summed E-state index contributed by atoms with van der Waals surface area (Å²) < 4.78 is 14.0. The molecule has 2 amide bonds. The van der Waals surface area contributed by atoms with E-state index in [0.29, 0.717) is 33.2 Å². The maximum absolute atomic E-state index is 14.0. The van der Waals surface area contributed by atoms with Gasteiger partial charge in [-0.25, -0.2) is 14.4 Å². The second kappa shape index (κ2) is 9.37. The zero-order valence-electron chi connectivity index (χ0n) is 18.2. The predicted molar refractivity (Wildman–Crippen MR) is 131 cm³/mol. The Balaban J connectivity index is 1.45. The number of nitrogens with zero attached hydrogens (tertiary/aromatic N) is 3. The van der Waals surface area contributed by atoms with Gasteiger partial charge < -0.3 is 10.6 Å². The monoisotopic (exact) mass is 483 g/mol. The number of hydrogen-bond donors (Lipinski definition) is 2. The third kappa shape index (κ3) is 4.74. The normalized spacial score (nSPS) is 13.1. The van der Waals surface area contributed by atoms with Gasteiger partial charge in [0.2, 0.25) is 0 Å². The van der Waals surface area contributed by atoms with E-state index < -0.39 is 17.8 Å². The fourth-order valence-corrected chi connectivity index (χ4v) is 4.37. The fraction of sp³-hybridized carbons (Fsp3) is 0.0769. The lowest BCUT2D eigenvalue weighted by Gasteiger charge is -2.27. The summed E-state index contributed by atoms with van der Waals surface area (Å²) in [6, 6.07) is 13.4. The van der Waals surface area contributed by atoms with E-state index in [0.717, 1.165) is 5.56 Å². The molecule has 4 aromatic rings. The third-order valence-corrected chi connectivity index (χ3v) is 6.15. The summed E-state index contributed by atoms with van der Waals surface area (Å²) in [4.78, 5) is 36.2. The maximum atomic E-state index is 14.0. The quantitative estimate of drug-likeness (QED) is 0.428.